The molecule has 2 aromatic heterocycles. The second-order valence-electron chi connectivity index (χ2n) is 5.45. The van der Waals surface area contributed by atoms with E-state index in [0.717, 1.165) is 0 Å². The van der Waals surface area contributed by atoms with Crippen molar-refractivity contribution in [3.05, 3.63) is 54.4 Å². The predicted octanol–water partition coefficient (Wildman–Crippen LogP) is 2.10. The fourth-order valence-corrected chi connectivity index (χ4v) is 4.34. The SMILES string of the molecule is O=C(C=Cc1ccco1)N(Cc1ccco1)C1CCS(=O)(=O)C1. The molecule has 0 spiro atoms. The summed E-state index contributed by atoms with van der Waals surface area (Å²) in [6, 6.07) is 6.63. The number of hydrogen-bond donors (Lipinski definition) is 0. The number of carbonyl (C=O) groups excluding carboxylic acids is 1. The molecule has 2 aromatic rings. The maximum absolute atomic E-state index is 12.5. The van der Waals surface area contributed by atoms with Gasteiger partial charge in [-0.3, -0.25) is 4.79 Å². The van der Waals surface area contributed by atoms with Gasteiger partial charge in [0.2, 0.25) is 5.91 Å². The molecule has 3 rings (SSSR count). The largest absolute Gasteiger partial charge is 0.467 e. The van der Waals surface area contributed by atoms with Gasteiger partial charge in [0, 0.05) is 12.1 Å². The van der Waals surface area contributed by atoms with Crippen molar-refractivity contribution in [2.75, 3.05) is 11.5 Å². The lowest BCUT2D eigenvalue weighted by Crippen LogP contribution is -2.39. The first-order chi connectivity index (χ1) is 11.0. The van der Waals surface area contributed by atoms with Crippen molar-refractivity contribution in [1.82, 2.24) is 4.90 Å². The van der Waals surface area contributed by atoms with Gasteiger partial charge in [-0.1, -0.05) is 0 Å². The van der Waals surface area contributed by atoms with Crippen molar-refractivity contribution in [2.24, 2.45) is 0 Å². The molecule has 6 nitrogen and oxygen atoms in total. The zero-order chi connectivity index (χ0) is 16.3. The molecule has 1 amide bonds. The van der Waals surface area contributed by atoms with Gasteiger partial charge in [-0.15, -0.1) is 0 Å². The molecule has 1 atom stereocenters. The highest BCUT2D eigenvalue weighted by Crippen LogP contribution is 2.21. The minimum atomic E-state index is -3.08. The summed E-state index contributed by atoms with van der Waals surface area (Å²) in [5, 5.41) is 0. The smallest absolute Gasteiger partial charge is 0.247 e. The topological polar surface area (TPSA) is 80.7 Å². The van der Waals surface area contributed by atoms with Gasteiger partial charge in [0.15, 0.2) is 9.84 Å². The van der Waals surface area contributed by atoms with Crippen molar-refractivity contribution in [3.8, 4) is 0 Å². The molecule has 1 unspecified atom stereocenters. The third kappa shape index (κ3) is 3.92. The lowest BCUT2D eigenvalue weighted by Gasteiger charge is -2.26. The number of carbonyl (C=O) groups is 1. The Balaban J connectivity index is 1.78. The highest BCUT2D eigenvalue weighted by molar-refractivity contribution is 7.91. The monoisotopic (exact) mass is 335 g/mol. The van der Waals surface area contributed by atoms with Crippen LogP contribution in [0.15, 0.2) is 51.7 Å². The highest BCUT2D eigenvalue weighted by Gasteiger charge is 2.34. The zero-order valence-electron chi connectivity index (χ0n) is 12.4. The predicted molar refractivity (Wildman–Crippen MR) is 84.1 cm³/mol. The lowest BCUT2D eigenvalue weighted by molar-refractivity contribution is -0.128. The number of nitrogens with zero attached hydrogens (tertiary/aromatic N) is 1. The molecule has 7 heteroatoms. The van der Waals surface area contributed by atoms with E-state index in [4.69, 9.17) is 8.83 Å². The van der Waals surface area contributed by atoms with Crippen LogP contribution in [0.3, 0.4) is 0 Å². The van der Waals surface area contributed by atoms with Crippen LogP contribution in [0, 0.1) is 0 Å². The number of hydrogen-bond acceptors (Lipinski definition) is 5. The van der Waals surface area contributed by atoms with Gasteiger partial charge in [0.05, 0.1) is 30.6 Å². The Labute approximate surface area is 134 Å². The van der Waals surface area contributed by atoms with Gasteiger partial charge >= 0.3 is 0 Å². The Morgan fingerprint density at radius 3 is 2.65 bits per heavy atom. The molecule has 0 bridgehead atoms. The third-order valence-electron chi connectivity index (χ3n) is 3.77. The summed E-state index contributed by atoms with van der Waals surface area (Å²) in [5.74, 6) is 1.03. The summed E-state index contributed by atoms with van der Waals surface area (Å²) in [6.07, 6.45) is 6.47. The average molecular weight is 335 g/mol. The van der Waals surface area contributed by atoms with E-state index in [-0.39, 0.29) is 30.0 Å². The molecule has 0 aliphatic carbocycles. The second kappa shape index (κ2) is 6.45. The van der Waals surface area contributed by atoms with E-state index < -0.39 is 9.84 Å². The zero-order valence-corrected chi connectivity index (χ0v) is 13.2. The maximum atomic E-state index is 12.5. The normalized spacial score (nSPS) is 20.1. The molecule has 1 fully saturated rings. The number of furan rings is 2. The van der Waals surface area contributed by atoms with Gasteiger partial charge < -0.3 is 13.7 Å². The van der Waals surface area contributed by atoms with E-state index in [2.05, 4.69) is 0 Å². The standard InChI is InChI=1S/C16H17NO5S/c18-16(6-5-14-3-1-8-21-14)17(11-15-4-2-9-22-15)13-7-10-23(19,20)12-13/h1-6,8-9,13H,7,10-12H2. The first-order valence-electron chi connectivity index (χ1n) is 7.28. The van der Waals surface area contributed by atoms with E-state index in [1.54, 1.807) is 35.2 Å². The first-order valence-corrected chi connectivity index (χ1v) is 9.11. The summed E-state index contributed by atoms with van der Waals surface area (Å²) in [4.78, 5) is 14.1. The van der Waals surface area contributed by atoms with Gasteiger partial charge in [0.25, 0.3) is 0 Å². The summed E-state index contributed by atoms with van der Waals surface area (Å²) < 4.78 is 33.9. The Morgan fingerprint density at radius 2 is 2.04 bits per heavy atom. The maximum Gasteiger partial charge on any atom is 0.247 e. The minimum absolute atomic E-state index is 0.00591. The lowest BCUT2D eigenvalue weighted by atomic mass is 10.2. The van der Waals surface area contributed by atoms with Gasteiger partial charge in [-0.2, -0.15) is 0 Å². The van der Waals surface area contributed by atoms with Crippen LogP contribution in [-0.2, 0) is 21.2 Å². The molecule has 3 heterocycles. The Hall–Kier alpha value is -2.28. The Bertz CT molecular complexity index is 775. The molecule has 0 radical (unpaired) electrons. The molecule has 0 saturated carbocycles. The van der Waals surface area contributed by atoms with E-state index in [9.17, 15) is 13.2 Å². The van der Waals surface area contributed by atoms with E-state index in [0.29, 0.717) is 17.9 Å². The van der Waals surface area contributed by atoms with E-state index in [1.807, 2.05) is 0 Å². The average Bonchev–Trinajstić information content (AvgIpc) is 3.24. The minimum Gasteiger partial charge on any atom is -0.467 e. The van der Waals surface area contributed by atoms with Gasteiger partial charge in [-0.25, -0.2) is 8.42 Å². The van der Waals surface area contributed by atoms with E-state index >= 15 is 0 Å². The third-order valence-corrected chi connectivity index (χ3v) is 5.52. The highest BCUT2D eigenvalue weighted by atomic mass is 32.2. The second-order valence-corrected chi connectivity index (χ2v) is 7.68. The van der Waals surface area contributed by atoms with Crippen LogP contribution in [0.25, 0.3) is 6.08 Å². The summed E-state index contributed by atoms with van der Waals surface area (Å²) in [5.41, 5.74) is 0. The van der Waals surface area contributed by atoms with Crippen LogP contribution in [0.4, 0.5) is 0 Å². The van der Waals surface area contributed by atoms with Crippen molar-refractivity contribution >= 4 is 21.8 Å². The molecule has 1 saturated heterocycles. The van der Waals surface area contributed by atoms with Crippen LogP contribution in [-0.4, -0.2) is 36.8 Å². The van der Waals surface area contributed by atoms with Crippen molar-refractivity contribution < 1.29 is 22.0 Å². The molecular weight excluding hydrogens is 318 g/mol. The number of amides is 1. The van der Waals surface area contributed by atoms with Crippen molar-refractivity contribution in [3.63, 3.8) is 0 Å². The molecular formula is C16H17NO5S. The summed E-state index contributed by atoms with van der Waals surface area (Å²) in [6.45, 7) is 0.245. The first kappa shape index (κ1) is 15.6. The van der Waals surface area contributed by atoms with Crippen LogP contribution < -0.4 is 0 Å². The van der Waals surface area contributed by atoms with Crippen LogP contribution >= 0.6 is 0 Å². The van der Waals surface area contributed by atoms with Crippen molar-refractivity contribution in [2.45, 2.75) is 19.0 Å². The van der Waals surface area contributed by atoms with E-state index in [1.165, 1.54) is 18.6 Å². The fraction of sp³-hybridized carbons (Fsp3) is 0.312. The summed E-state index contributed by atoms with van der Waals surface area (Å²) >= 11 is 0. The van der Waals surface area contributed by atoms with Crippen LogP contribution in [0.5, 0.6) is 0 Å². The van der Waals surface area contributed by atoms with Crippen LogP contribution in [0.1, 0.15) is 17.9 Å². The molecule has 1 aliphatic heterocycles. The quantitative estimate of drug-likeness (QED) is 0.782. The number of sulfone groups is 1. The van der Waals surface area contributed by atoms with Gasteiger partial charge in [-0.05, 0) is 36.8 Å². The van der Waals surface area contributed by atoms with Crippen molar-refractivity contribution in [1.29, 1.82) is 0 Å². The Morgan fingerprint density at radius 1 is 1.26 bits per heavy atom. The molecule has 0 aromatic carbocycles. The fourth-order valence-electron chi connectivity index (χ4n) is 2.61. The van der Waals surface area contributed by atoms with Crippen LogP contribution in [0.2, 0.25) is 0 Å². The molecule has 122 valence electrons. The molecule has 0 N–H and O–H groups in total. The van der Waals surface area contributed by atoms with Gasteiger partial charge in [0.1, 0.15) is 11.5 Å². The summed E-state index contributed by atoms with van der Waals surface area (Å²) in [7, 11) is -3.08. The number of rotatable bonds is 5. The molecule has 23 heavy (non-hydrogen) atoms. The Kier molecular flexibility index (Phi) is 4.38. The molecule has 1 aliphatic rings.